The van der Waals surface area contributed by atoms with Crippen LogP contribution in [0.1, 0.15) is 23.0 Å². The minimum absolute atomic E-state index is 0.508. The van der Waals surface area contributed by atoms with Crippen LogP contribution in [0.2, 0.25) is 0 Å². The predicted octanol–water partition coefficient (Wildman–Crippen LogP) is 2.43. The van der Waals surface area contributed by atoms with Crippen LogP contribution in [0.4, 0.5) is 0 Å². The van der Waals surface area contributed by atoms with Crippen LogP contribution in [0.15, 0.2) is 47.1 Å². The van der Waals surface area contributed by atoms with Gasteiger partial charge in [0.1, 0.15) is 5.76 Å². The topological polar surface area (TPSA) is 57.2 Å². The third-order valence-electron chi connectivity index (χ3n) is 2.33. The number of hydrogen-bond acceptors (Lipinski definition) is 3. The molecule has 2 aromatic rings. The standard InChI is InChI=1S/C13H11NO2/c14-8-13(15)11-7-12(16-9-11)6-10-4-2-1-3-5-10/h1-5,7,9,13,15H,6H2. The molecule has 0 saturated heterocycles. The first-order valence-electron chi connectivity index (χ1n) is 4.98. The summed E-state index contributed by atoms with van der Waals surface area (Å²) >= 11 is 0. The van der Waals surface area contributed by atoms with Crippen LogP contribution in [0, 0.1) is 11.3 Å². The van der Waals surface area contributed by atoms with Gasteiger partial charge in [0.25, 0.3) is 0 Å². The lowest BCUT2D eigenvalue weighted by Gasteiger charge is -1.96. The maximum Gasteiger partial charge on any atom is 0.169 e. The molecule has 1 N–H and O–H groups in total. The van der Waals surface area contributed by atoms with E-state index < -0.39 is 6.10 Å². The molecule has 1 heterocycles. The molecule has 3 heteroatoms. The van der Waals surface area contributed by atoms with Gasteiger partial charge in [0.05, 0.1) is 12.3 Å². The third kappa shape index (κ3) is 2.30. The average Bonchev–Trinajstić information content (AvgIpc) is 2.78. The van der Waals surface area contributed by atoms with Gasteiger partial charge in [-0.2, -0.15) is 5.26 Å². The van der Waals surface area contributed by atoms with Crippen LogP contribution in [0.3, 0.4) is 0 Å². The van der Waals surface area contributed by atoms with Crippen LogP contribution in [-0.4, -0.2) is 5.11 Å². The first kappa shape index (κ1) is 10.5. The Morgan fingerprint density at radius 1 is 1.31 bits per heavy atom. The van der Waals surface area contributed by atoms with Crippen molar-refractivity contribution in [3.05, 3.63) is 59.5 Å². The van der Waals surface area contributed by atoms with Crippen LogP contribution < -0.4 is 0 Å². The fourth-order valence-electron chi connectivity index (χ4n) is 1.51. The zero-order valence-corrected chi connectivity index (χ0v) is 8.63. The Kier molecular flexibility index (Phi) is 3.04. The largest absolute Gasteiger partial charge is 0.469 e. The second-order valence-corrected chi connectivity index (χ2v) is 3.54. The molecule has 0 amide bonds. The Labute approximate surface area is 93.6 Å². The van der Waals surface area contributed by atoms with Gasteiger partial charge in [-0.25, -0.2) is 0 Å². The van der Waals surface area contributed by atoms with Crippen molar-refractivity contribution in [2.45, 2.75) is 12.5 Å². The average molecular weight is 213 g/mol. The van der Waals surface area contributed by atoms with E-state index >= 15 is 0 Å². The first-order valence-corrected chi connectivity index (χ1v) is 4.98. The lowest BCUT2D eigenvalue weighted by atomic mass is 10.1. The number of furan rings is 1. The number of hydrogen-bond donors (Lipinski definition) is 1. The third-order valence-corrected chi connectivity index (χ3v) is 2.33. The molecule has 0 aliphatic rings. The first-order chi connectivity index (χ1) is 7.79. The Morgan fingerprint density at radius 3 is 2.75 bits per heavy atom. The van der Waals surface area contributed by atoms with Gasteiger partial charge in [0.15, 0.2) is 6.10 Å². The van der Waals surface area contributed by atoms with Gasteiger partial charge < -0.3 is 9.52 Å². The Hall–Kier alpha value is -2.05. The van der Waals surface area contributed by atoms with Crippen molar-refractivity contribution in [1.29, 1.82) is 5.26 Å². The number of rotatable bonds is 3. The minimum atomic E-state index is -1.10. The Morgan fingerprint density at radius 2 is 2.06 bits per heavy atom. The molecule has 2 rings (SSSR count). The summed E-state index contributed by atoms with van der Waals surface area (Å²) in [5.74, 6) is 0.746. The molecule has 1 aromatic carbocycles. The smallest absolute Gasteiger partial charge is 0.169 e. The van der Waals surface area contributed by atoms with E-state index in [0.29, 0.717) is 12.0 Å². The van der Waals surface area contributed by atoms with Crippen LogP contribution in [0.5, 0.6) is 0 Å². The fourth-order valence-corrected chi connectivity index (χ4v) is 1.51. The zero-order valence-electron chi connectivity index (χ0n) is 8.63. The van der Waals surface area contributed by atoms with E-state index in [2.05, 4.69) is 0 Å². The number of benzene rings is 1. The van der Waals surface area contributed by atoms with Crippen molar-refractivity contribution in [3.8, 4) is 6.07 Å². The lowest BCUT2D eigenvalue weighted by molar-refractivity contribution is 0.235. The van der Waals surface area contributed by atoms with Crippen LogP contribution in [0.25, 0.3) is 0 Å². The lowest BCUT2D eigenvalue weighted by Crippen LogP contribution is -1.89. The zero-order chi connectivity index (χ0) is 11.4. The number of nitrogens with zero attached hydrogens (tertiary/aromatic N) is 1. The SMILES string of the molecule is N#CC(O)c1coc(Cc2ccccc2)c1. The molecule has 1 unspecified atom stereocenters. The fraction of sp³-hybridized carbons (Fsp3) is 0.154. The molecule has 0 radical (unpaired) electrons. The van der Waals surface area contributed by atoms with Crippen molar-refractivity contribution in [2.75, 3.05) is 0 Å². The molecule has 1 aromatic heterocycles. The normalized spacial score (nSPS) is 12.0. The van der Waals surface area contributed by atoms with Crippen molar-refractivity contribution < 1.29 is 9.52 Å². The molecule has 0 aliphatic heterocycles. The molecule has 0 fully saturated rings. The maximum atomic E-state index is 9.29. The highest BCUT2D eigenvalue weighted by Gasteiger charge is 2.10. The number of aliphatic hydroxyl groups excluding tert-OH is 1. The molecule has 0 saturated carbocycles. The molecule has 0 bridgehead atoms. The van der Waals surface area contributed by atoms with Gasteiger partial charge in [-0.3, -0.25) is 0 Å². The number of nitriles is 1. The van der Waals surface area contributed by atoms with E-state index in [1.165, 1.54) is 6.26 Å². The van der Waals surface area contributed by atoms with Crippen LogP contribution in [-0.2, 0) is 6.42 Å². The van der Waals surface area contributed by atoms with Gasteiger partial charge in [0.2, 0.25) is 0 Å². The summed E-state index contributed by atoms with van der Waals surface area (Å²) < 4.78 is 5.28. The highest BCUT2D eigenvalue weighted by molar-refractivity contribution is 5.25. The summed E-state index contributed by atoms with van der Waals surface area (Å²) in [7, 11) is 0. The van der Waals surface area contributed by atoms with Crippen molar-refractivity contribution in [3.63, 3.8) is 0 Å². The summed E-state index contributed by atoms with van der Waals surface area (Å²) in [6.45, 7) is 0. The summed E-state index contributed by atoms with van der Waals surface area (Å²) in [5.41, 5.74) is 1.64. The van der Waals surface area contributed by atoms with E-state index in [9.17, 15) is 5.11 Å². The van der Waals surface area contributed by atoms with Crippen LogP contribution >= 0.6 is 0 Å². The van der Waals surface area contributed by atoms with E-state index in [1.54, 1.807) is 12.1 Å². The van der Waals surface area contributed by atoms with Crippen molar-refractivity contribution in [1.82, 2.24) is 0 Å². The highest BCUT2D eigenvalue weighted by atomic mass is 16.3. The minimum Gasteiger partial charge on any atom is -0.469 e. The maximum absolute atomic E-state index is 9.29. The Balaban J connectivity index is 2.12. The molecular formula is C13H11NO2. The molecule has 1 atom stereocenters. The van der Waals surface area contributed by atoms with Gasteiger partial charge >= 0.3 is 0 Å². The molecular weight excluding hydrogens is 202 g/mol. The molecule has 0 spiro atoms. The van der Waals surface area contributed by atoms with Gasteiger partial charge in [-0.05, 0) is 11.6 Å². The summed E-state index contributed by atoms with van der Waals surface area (Å²) in [6, 6.07) is 13.3. The quantitative estimate of drug-likeness (QED) is 0.796. The molecule has 0 aliphatic carbocycles. The summed E-state index contributed by atoms with van der Waals surface area (Å²) in [6.07, 6.45) is 0.985. The Bertz CT molecular complexity index is 496. The van der Waals surface area contributed by atoms with E-state index in [0.717, 1.165) is 11.3 Å². The van der Waals surface area contributed by atoms with Gasteiger partial charge in [-0.15, -0.1) is 0 Å². The number of aliphatic hydroxyl groups is 1. The highest BCUT2D eigenvalue weighted by Crippen LogP contribution is 2.18. The van der Waals surface area contributed by atoms with Gasteiger partial charge in [-0.1, -0.05) is 30.3 Å². The van der Waals surface area contributed by atoms with E-state index in [-0.39, 0.29) is 0 Å². The van der Waals surface area contributed by atoms with Crippen molar-refractivity contribution in [2.24, 2.45) is 0 Å². The molecule has 16 heavy (non-hydrogen) atoms. The molecule has 3 nitrogen and oxygen atoms in total. The second kappa shape index (κ2) is 4.65. The van der Waals surface area contributed by atoms with Crippen molar-refractivity contribution >= 4 is 0 Å². The second-order valence-electron chi connectivity index (χ2n) is 3.54. The van der Waals surface area contributed by atoms with E-state index in [4.69, 9.17) is 9.68 Å². The monoisotopic (exact) mass is 213 g/mol. The summed E-state index contributed by atoms with van der Waals surface area (Å²) in [5, 5.41) is 17.8. The van der Waals surface area contributed by atoms with Gasteiger partial charge in [0, 0.05) is 12.0 Å². The summed E-state index contributed by atoms with van der Waals surface area (Å²) in [4.78, 5) is 0. The predicted molar refractivity (Wildman–Crippen MR) is 58.5 cm³/mol. The van der Waals surface area contributed by atoms with E-state index in [1.807, 2.05) is 30.3 Å². The molecule has 80 valence electrons.